The number of nitrogens with one attached hydrogen (secondary N) is 3. The van der Waals surface area contributed by atoms with E-state index in [1.807, 2.05) is 13.0 Å². The fourth-order valence-corrected chi connectivity index (χ4v) is 15.4. The highest BCUT2D eigenvalue weighted by molar-refractivity contribution is 9.10. The van der Waals surface area contributed by atoms with Crippen LogP contribution in [-0.4, -0.2) is 271 Å². The number of carbonyl (C=O) groups excluding carboxylic acids is 12. The summed E-state index contributed by atoms with van der Waals surface area (Å²) in [6, 6.07) is -0.354. The van der Waals surface area contributed by atoms with Crippen LogP contribution in [0.4, 0.5) is 13.2 Å². The first-order valence-corrected chi connectivity index (χ1v) is 38.2. The molecule has 7 rings (SSSR count). The number of alkyl halides is 3. The minimum absolute atomic E-state index is 0.00857. The van der Waals surface area contributed by atoms with Crippen molar-refractivity contribution in [2.45, 2.75) is 209 Å². The molecule has 26 nitrogen and oxygen atoms in total. The summed E-state index contributed by atoms with van der Waals surface area (Å²) in [5.74, 6) is -9.87. The lowest BCUT2D eigenvalue weighted by Crippen LogP contribution is -2.68. The van der Waals surface area contributed by atoms with Crippen molar-refractivity contribution >= 4 is 86.8 Å². The van der Waals surface area contributed by atoms with Gasteiger partial charge in [0.2, 0.25) is 70.9 Å². The highest BCUT2D eigenvalue weighted by Crippen LogP contribution is 2.40. The molecular formula is C77H110BrF3N12O14. The molecule has 3 N–H and O–H groups in total. The van der Waals surface area contributed by atoms with Gasteiger partial charge in [0, 0.05) is 92.9 Å². The van der Waals surface area contributed by atoms with Crippen molar-refractivity contribution in [3.05, 3.63) is 88.4 Å². The van der Waals surface area contributed by atoms with Gasteiger partial charge in [0.15, 0.2) is 0 Å². The predicted octanol–water partition coefficient (Wildman–Crippen LogP) is 5.91. The van der Waals surface area contributed by atoms with Crippen LogP contribution in [0.2, 0.25) is 0 Å². The fourth-order valence-electron chi connectivity index (χ4n) is 15.1. The molecule has 3 heterocycles. The van der Waals surface area contributed by atoms with Crippen LogP contribution in [0.25, 0.3) is 0 Å². The zero-order valence-corrected chi connectivity index (χ0v) is 65.6. The lowest BCUT2D eigenvalue weighted by molar-refractivity contribution is -0.158. The van der Waals surface area contributed by atoms with Crippen molar-refractivity contribution in [2.75, 3.05) is 95.8 Å². The highest BCUT2D eigenvalue weighted by atomic mass is 79.9. The monoisotopic (exact) mass is 1560 g/mol. The average molecular weight is 1560 g/mol. The maximum Gasteiger partial charge on any atom is 0.419 e. The molecule has 2 aromatic carbocycles. The number of amides is 12. The molecule has 2 aliphatic carbocycles. The second kappa shape index (κ2) is 38.6. The van der Waals surface area contributed by atoms with E-state index in [1.54, 1.807) is 57.2 Å². The summed E-state index contributed by atoms with van der Waals surface area (Å²) >= 11 is 3.46. The molecule has 2 aromatic rings. The van der Waals surface area contributed by atoms with Gasteiger partial charge in [-0.1, -0.05) is 85.5 Å². The minimum atomic E-state index is -4.78. The van der Waals surface area contributed by atoms with Crippen molar-refractivity contribution < 1.29 is 80.2 Å². The summed E-state index contributed by atoms with van der Waals surface area (Å²) in [5.41, 5.74) is -1.77. The van der Waals surface area contributed by atoms with E-state index in [0.29, 0.717) is 56.9 Å². The average Bonchev–Trinajstić information content (AvgIpc) is 1.65. The van der Waals surface area contributed by atoms with Crippen LogP contribution in [0.15, 0.2) is 71.7 Å². The zero-order chi connectivity index (χ0) is 78.9. The first kappa shape index (κ1) is 85.8. The van der Waals surface area contributed by atoms with Crippen LogP contribution in [0.1, 0.15) is 147 Å². The quantitative estimate of drug-likeness (QED) is 0.123. The van der Waals surface area contributed by atoms with E-state index >= 15 is 33.6 Å². The number of allylic oxidation sites excluding steroid dienone is 1. The van der Waals surface area contributed by atoms with Crippen molar-refractivity contribution in [2.24, 2.45) is 11.8 Å². The van der Waals surface area contributed by atoms with E-state index in [0.717, 1.165) is 27.4 Å². The maximum absolute atomic E-state index is 15.6. The number of aryl methyl sites for hydroxylation is 1. The molecule has 30 heteroatoms. The Bertz CT molecular complexity index is 3570. The van der Waals surface area contributed by atoms with Crippen molar-refractivity contribution in [1.82, 2.24) is 60.0 Å². The number of likely N-dealkylation sites (N-methyl/N-ethyl adjacent to an activating group) is 7. The standard InChI is InChI=1S/C77H110BrF3N12O14/c1-14-18-20-28-56-67(97)83-65(48(5)15-2)73(103)87(8)47-64(96)89(10)57-29-21-19-24-40-92(72(57)102)60(41-49-30-34-52(78)35-31-49)71(101)86(7)46-62(94)82-55(37-33-50-32-36-54(77(79,80)81)61(42-50)106-13)69(99)93-45-53(107-17-4)43-58(93)68(98)84-76(38-25-39-76)75(105)91(12)66(51-26-22-23-27-51)74(104)90(11)59(44-63(95)88(56)9)70(100)85(6)16-3/h14,19,21,30-32,34-36,42,48,51,53,55-60,65-66H,1,15-18,20,22-29,33,37-41,43-47H2,2-13H3,(H,82,94)(H,83,97)(H,84,98)/b21-19-/t48-,53+,55-,56-,57-,58-,59-,60-,65+,66-/m0/s1. The van der Waals surface area contributed by atoms with Gasteiger partial charge in [-0.15, -0.1) is 6.58 Å². The van der Waals surface area contributed by atoms with E-state index in [2.05, 4.69) is 38.5 Å². The lowest BCUT2D eigenvalue weighted by atomic mass is 9.74. The molecule has 5 aliphatic rings. The van der Waals surface area contributed by atoms with E-state index in [1.165, 1.54) is 95.8 Å². The third-order valence-electron chi connectivity index (χ3n) is 22.1. The van der Waals surface area contributed by atoms with Gasteiger partial charge in [-0.3, -0.25) is 57.5 Å². The summed E-state index contributed by atoms with van der Waals surface area (Å²) in [6.07, 6.45) is 3.22. The Morgan fingerprint density at radius 2 is 1.41 bits per heavy atom. The summed E-state index contributed by atoms with van der Waals surface area (Å²) in [4.78, 5) is 193. The summed E-state index contributed by atoms with van der Waals surface area (Å²) in [5, 5.41) is 8.70. The topological polar surface area (TPSA) is 289 Å². The largest absolute Gasteiger partial charge is 0.496 e. The number of hydrogen-bond donors (Lipinski definition) is 3. The number of unbranched alkanes of at least 4 members (excludes halogenated alkanes) is 1. The van der Waals surface area contributed by atoms with E-state index < -0.39 is 180 Å². The van der Waals surface area contributed by atoms with Crippen LogP contribution >= 0.6 is 15.9 Å². The number of carbonyl (C=O) groups is 12. The van der Waals surface area contributed by atoms with Gasteiger partial charge in [-0.05, 0) is 138 Å². The molecule has 10 atom stereocenters. The Morgan fingerprint density at radius 1 is 0.748 bits per heavy atom. The van der Waals surface area contributed by atoms with Crippen LogP contribution in [0, 0.1) is 11.8 Å². The summed E-state index contributed by atoms with van der Waals surface area (Å²) in [7, 11) is 11.0. The molecule has 12 amide bonds. The molecule has 2 saturated carbocycles. The number of methoxy groups -OCH3 is 1. The van der Waals surface area contributed by atoms with Crippen LogP contribution in [0.5, 0.6) is 5.75 Å². The molecule has 107 heavy (non-hydrogen) atoms. The molecule has 0 unspecified atom stereocenters. The molecule has 4 fully saturated rings. The molecule has 1 spiro atoms. The van der Waals surface area contributed by atoms with Crippen LogP contribution in [0.3, 0.4) is 0 Å². The number of nitrogens with zero attached hydrogens (tertiary/aromatic N) is 9. The number of benzene rings is 2. The number of fused-ring (bicyclic) bond motifs is 3. The van der Waals surface area contributed by atoms with E-state index in [-0.39, 0.29) is 89.6 Å². The Balaban J connectivity index is 1.34. The molecule has 3 aliphatic heterocycles. The first-order chi connectivity index (χ1) is 50.7. The number of ether oxygens (including phenoxy) is 2. The number of halogens is 4. The van der Waals surface area contributed by atoms with E-state index in [9.17, 15) is 37.1 Å². The van der Waals surface area contributed by atoms with Crippen LogP contribution in [-0.2, 0) is 81.3 Å². The Labute approximate surface area is 635 Å². The number of rotatable bonds is 17. The van der Waals surface area contributed by atoms with E-state index in [4.69, 9.17) is 9.47 Å². The fraction of sp³-hybridized carbons (Fsp3) is 0.636. The van der Waals surface area contributed by atoms with Crippen molar-refractivity contribution in [1.29, 1.82) is 0 Å². The Morgan fingerprint density at radius 3 is 2.02 bits per heavy atom. The minimum Gasteiger partial charge on any atom is -0.496 e. The van der Waals surface area contributed by atoms with Gasteiger partial charge >= 0.3 is 6.18 Å². The molecule has 0 radical (unpaired) electrons. The highest BCUT2D eigenvalue weighted by Gasteiger charge is 2.54. The Hall–Kier alpha value is -8.41. The molecule has 590 valence electrons. The SMILES string of the molecule is C=CCCC[C@H]1C(=O)N[C@H]([C@@H](C)CC)C(=O)N(C)CC(=O)N(C)[C@H]2C/C=C\CCN(C2=O)[C@@H](Cc2ccc(Br)cc2)C(=O)N(C)CC(=O)N[C@@H](CCc2ccc(C(F)(F)F)c(OC)c2)C(=O)N2C[C@H](OCC)C[C@H]2C(=O)NC2(CCC2)C(=O)N(C)[C@@H](C2CCCC2)C(=O)N(C)[C@H](C(=O)N(C)CC)CC(=O)N1C. The third kappa shape index (κ3) is 21.1. The second-order valence-corrected chi connectivity index (χ2v) is 30.2. The number of hydrogen-bond acceptors (Lipinski definition) is 14. The van der Waals surface area contributed by atoms with Gasteiger partial charge in [0.1, 0.15) is 59.6 Å². The molecule has 2 saturated heterocycles. The molecule has 0 aromatic heterocycles. The normalized spacial score (nSPS) is 25.9. The summed E-state index contributed by atoms with van der Waals surface area (Å²) in [6.45, 7) is 9.69. The summed E-state index contributed by atoms with van der Waals surface area (Å²) < 4.78 is 54.5. The zero-order valence-electron chi connectivity index (χ0n) is 64.1. The van der Waals surface area contributed by atoms with Gasteiger partial charge in [0.05, 0.1) is 38.3 Å². The van der Waals surface area contributed by atoms with Gasteiger partial charge in [0.25, 0.3) is 0 Å². The van der Waals surface area contributed by atoms with Gasteiger partial charge in [-0.2, -0.15) is 13.2 Å². The predicted molar refractivity (Wildman–Crippen MR) is 397 cm³/mol. The Kier molecular flexibility index (Phi) is 31.0. The molecule has 2 bridgehead atoms. The third-order valence-corrected chi connectivity index (χ3v) is 22.7. The maximum atomic E-state index is 15.6. The van der Waals surface area contributed by atoms with Gasteiger partial charge in [-0.25, -0.2) is 0 Å². The smallest absolute Gasteiger partial charge is 0.419 e. The van der Waals surface area contributed by atoms with Crippen LogP contribution < -0.4 is 20.7 Å². The lowest BCUT2D eigenvalue weighted by Gasteiger charge is -2.46. The van der Waals surface area contributed by atoms with Crippen molar-refractivity contribution in [3.63, 3.8) is 0 Å². The second-order valence-electron chi connectivity index (χ2n) is 29.3. The first-order valence-electron chi connectivity index (χ1n) is 37.4. The molecular weight excluding hydrogens is 1450 g/mol. The van der Waals surface area contributed by atoms with Gasteiger partial charge < -0.3 is 69.5 Å². The van der Waals surface area contributed by atoms with Crippen molar-refractivity contribution in [3.8, 4) is 5.75 Å².